The summed E-state index contributed by atoms with van der Waals surface area (Å²) in [5.74, 6) is -0.349. The van der Waals surface area contributed by atoms with Crippen molar-refractivity contribution in [2.24, 2.45) is 0 Å². The Kier molecular flexibility index (Phi) is 11.0. The van der Waals surface area contributed by atoms with Crippen LogP contribution in [0.15, 0.2) is 36.4 Å². The molecule has 15 heteroatoms. The molecule has 0 radical (unpaired) electrons. The van der Waals surface area contributed by atoms with E-state index in [0.717, 1.165) is 49.7 Å². The molecule has 5 amide bonds. The van der Waals surface area contributed by atoms with Crippen molar-refractivity contribution in [3.8, 4) is 0 Å². The molecule has 50 heavy (non-hydrogen) atoms. The first kappa shape index (κ1) is 36.1. The van der Waals surface area contributed by atoms with Crippen LogP contribution in [0.5, 0.6) is 0 Å². The van der Waals surface area contributed by atoms with E-state index >= 15 is 0 Å². The minimum atomic E-state index is -4.74. The van der Waals surface area contributed by atoms with Crippen molar-refractivity contribution in [2.45, 2.75) is 62.8 Å². The first-order valence-electron chi connectivity index (χ1n) is 17.4. The first-order chi connectivity index (χ1) is 23.9. The zero-order valence-electron chi connectivity index (χ0n) is 28.4. The maximum atomic E-state index is 14.0. The van der Waals surface area contributed by atoms with Crippen molar-refractivity contribution in [2.75, 3.05) is 77.0 Å². The Morgan fingerprint density at radius 3 is 2.28 bits per heavy atom. The molecule has 0 bridgehead atoms. The van der Waals surface area contributed by atoms with Crippen molar-refractivity contribution in [3.63, 3.8) is 0 Å². The second-order valence-electron chi connectivity index (χ2n) is 13.9. The van der Waals surface area contributed by atoms with Crippen LogP contribution in [0.3, 0.4) is 0 Å². The number of nitrogens with two attached hydrogens (primary N) is 1. The molecule has 6 rings (SSSR count). The van der Waals surface area contributed by atoms with E-state index in [1.54, 1.807) is 9.80 Å². The van der Waals surface area contributed by atoms with Crippen molar-refractivity contribution < 1.29 is 27.6 Å². The van der Waals surface area contributed by atoms with Crippen molar-refractivity contribution in [1.29, 1.82) is 0 Å². The van der Waals surface area contributed by atoms with Crippen LogP contribution in [0.1, 0.15) is 42.4 Å². The summed E-state index contributed by atoms with van der Waals surface area (Å²) < 4.78 is 41.4. The molecule has 4 N–H and O–H groups in total. The number of alkyl halides is 3. The Morgan fingerprint density at radius 1 is 0.940 bits per heavy atom. The zero-order chi connectivity index (χ0) is 35.6. The molecule has 3 fully saturated rings. The lowest BCUT2D eigenvalue weighted by atomic mass is 10.00. The van der Waals surface area contributed by atoms with E-state index in [2.05, 4.69) is 27.5 Å². The van der Waals surface area contributed by atoms with Crippen LogP contribution in [-0.2, 0) is 23.8 Å². The predicted molar refractivity (Wildman–Crippen MR) is 186 cm³/mol. The number of piperazine rings is 1. The van der Waals surface area contributed by atoms with Gasteiger partial charge in [-0.2, -0.15) is 13.2 Å². The molecule has 272 valence electrons. The number of rotatable bonds is 6. The third-order valence-electron chi connectivity index (χ3n) is 10.7. The van der Waals surface area contributed by atoms with E-state index in [-0.39, 0.29) is 35.0 Å². The molecule has 1 atom stereocenters. The fraction of sp³-hybridized carbons (Fsp3) is 0.571. The maximum absolute atomic E-state index is 14.0. The molecule has 0 unspecified atom stereocenters. The number of benzene rings is 2. The van der Waals surface area contributed by atoms with Gasteiger partial charge in [-0.3, -0.25) is 9.69 Å². The van der Waals surface area contributed by atoms with Gasteiger partial charge >= 0.3 is 18.2 Å². The maximum Gasteiger partial charge on any atom is 0.418 e. The fourth-order valence-corrected chi connectivity index (χ4v) is 7.95. The number of nitrogens with one attached hydrogen (secondary N) is 2. The molecule has 4 aliphatic rings. The number of piperidine rings is 2. The number of anilines is 2. The number of hydrogen-bond acceptors (Lipinski definition) is 6. The Labute approximate surface area is 295 Å². The number of fused-ring (bicyclic) bond motifs is 1. The van der Waals surface area contributed by atoms with Crippen molar-refractivity contribution in [1.82, 2.24) is 29.8 Å². The van der Waals surface area contributed by atoms with Gasteiger partial charge in [-0.05, 0) is 81.6 Å². The number of carbonyl (C=O) groups excluding carboxylic acids is 3. The average Bonchev–Trinajstić information content (AvgIpc) is 3.27. The standard InChI is InChI=1S/C35H46ClF3N8O3/c1-43-11-7-25(8-12-43)44-16-18-45(19-17-44)32(48)30(22-23-20-27(35(37,38)39)31(40)28(36)21-23)42-33(49)46-13-9-26(10-14-46)47-15-6-24-4-2-3-5-29(24)41-34(47)50/h2-5,20-21,25-26,30H,6-19,22,40H2,1H3,(H,41,50)(H,42,49)/t30-/m1/s1. The summed E-state index contributed by atoms with van der Waals surface area (Å²) >= 11 is 6.13. The number of hydrogen-bond donors (Lipinski definition) is 3. The largest absolute Gasteiger partial charge is 0.418 e. The lowest BCUT2D eigenvalue weighted by Gasteiger charge is -2.43. The fourth-order valence-electron chi connectivity index (χ4n) is 7.71. The predicted octanol–water partition coefficient (Wildman–Crippen LogP) is 4.35. The number of amides is 5. The molecule has 0 saturated carbocycles. The summed E-state index contributed by atoms with van der Waals surface area (Å²) in [6, 6.07) is 8.58. The highest BCUT2D eigenvalue weighted by Gasteiger charge is 2.37. The van der Waals surface area contributed by atoms with Gasteiger partial charge in [0.1, 0.15) is 6.04 Å². The molecular weight excluding hydrogens is 673 g/mol. The average molecular weight is 719 g/mol. The van der Waals surface area contributed by atoms with Gasteiger partial charge in [0.05, 0.1) is 16.3 Å². The summed E-state index contributed by atoms with van der Waals surface area (Å²) in [4.78, 5) is 50.7. The Morgan fingerprint density at radius 2 is 1.60 bits per heavy atom. The molecule has 2 aromatic carbocycles. The normalized spacial score (nSPS) is 21.0. The van der Waals surface area contributed by atoms with Gasteiger partial charge in [-0.1, -0.05) is 29.8 Å². The number of halogens is 4. The topological polar surface area (TPSA) is 117 Å². The van der Waals surface area contributed by atoms with Gasteiger partial charge in [-0.15, -0.1) is 0 Å². The van der Waals surface area contributed by atoms with Crippen LogP contribution in [0.4, 0.5) is 34.1 Å². The second-order valence-corrected chi connectivity index (χ2v) is 14.3. The summed E-state index contributed by atoms with van der Waals surface area (Å²) in [5, 5.41) is 5.59. The minimum absolute atomic E-state index is 0.0654. The third kappa shape index (κ3) is 8.24. The van der Waals surface area contributed by atoms with Crippen molar-refractivity contribution in [3.05, 3.63) is 58.1 Å². The van der Waals surface area contributed by atoms with Gasteiger partial charge < -0.3 is 36.0 Å². The van der Waals surface area contributed by atoms with E-state index in [1.165, 1.54) is 6.07 Å². The highest BCUT2D eigenvalue weighted by Crippen LogP contribution is 2.38. The minimum Gasteiger partial charge on any atom is -0.397 e. The van der Waals surface area contributed by atoms with Gasteiger partial charge in [0, 0.05) is 70.0 Å². The van der Waals surface area contributed by atoms with E-state index in [0.29, 0.717) is 64.7 Å². The zero-order valence-corrected chi connectivity index (χ0v) is 29.1. The van der Waals surface area contributed by atoms with Gasteiger partial charge in [-0.25, -0.2) is 9.59 Å². The molecule has 4 heterocycles. The molecular formula is C35H46ClF3N8O3. The molecule has 4 aliphatic heterocycles. The third-order valence-corrected chi connectivity index (χ3v) is 11.0. The van der Waals surface area contributed by atoms with E-state index < -0.39 is 29.5 Å². The molecule has 3 saturated heterocycles. The molecule has 0 aromatic heterocycles. The number of urea groups is 2. The lowest BCUT2D eigenvalue weighted by Crippen LogP contribution is -2.59. The van der Waals surface area contributed by atoms with Crippen LogP contribution in [0, 0.1) is 0 Å². The van der Waals surface area contributed by atoms with Crippen LogP contribution in [-0.4, -0.2) is 127 Å². The van der Waals surface area contributed by atoms with Crippen LogP contribution in [0.2, 0.25) is 5.02 Å². The highest BCUT2D eigenvalue weighted by atomic mass is 35.5. The first-order valence-corrected chi connectivity index (χ1v) is 17.8. The summed E-state index contributed by atoms with van der Waals surface area (Å²) in [6.07, 6.45) is -0.974. The van der Waals surface area contributed by atoms with Gasteiger partial charge in [0.25, 0.3) is 0 Å². The van der Waals surface area contributed by atoms with Crippen LogP contribution < -0.4 is 16.4 Å². The van der Waals surface area contributed by atoms with Gasteiger partial charge in [0.2, 0.25) is 5.91 Å². The summed E-state index contributed by atoms with van der Waals surface area (Å²) in [6.45, 7) is 5.63. The van der Waals surface area contributed by atoms with Crippen LogP contribution >= 0.6 is 11.6 Å². The van der Waals surface area contributed by atoms with Crippen LogP contribution in [0.25, 0.3) is 0 Å². The van der Waals surface area contributed by atoms with E-state index in [4.69, 9.17) is 17.3 Å². The number of nitrogen functional groups attached to an aromatic ring is 1. The summed E-state index contributed by atoms with van der Waals surface area (Å²) in [5.41, 5.74) is 6.04. The SMILES string of the molecule is CN1CCC(N2CCN(C(=O)[C@@H](Cc3cc(Cl)c(N)c(C(F)(F)F)c3)NC(=O)N3CCC(N4CCc5ccccc5NC4=O)CC3)CC2)CC1. The summed E-state index contributed by atoms with van der Waals surface area (Å²) in [7, 11) is 2.11. The Hall–Kier alpha value is -3.75. The smallest absolute Gasteiger partial charge is 0.397 e. The monoisotopic (exact) mass is 718 g/mol. The number of para-hydroxylation sites is 1. The quantitative estimate of drug-likeness (QED) is 0.383. The van der Waals surface area contributed by atoms with E-state index in [9.17, 15) is 27.6 Å². The number of carbonyl (C=O) groups is 3. The highest BCUT2D eigenvalue weighted by molar-refractivity contribution is 6.33. The molecule has 11 nitrogen and oxygen atoms in total. The number of likely N-dealkylation sites (tertiary alicyclic amines) is 2. The van der Waals surface area contributed by atoms with E-state index in [1.807, 2.05) is 29.2 Å². The molecule has 2 aromatic rings. The molecule has 0 spiro atoms. The number of nitrogens with zero attached hydrogens (tertiary/aromatic N) is 5. The van der Waals surface area contributed by atoms with Crippen molar-refractivity contribution >= 4 is 40.9 Å². The lowest BCUT2D eigenvalue weighted by molar-refractivity contribution is -0.137. The molecule has 0 aliphatic carbocycles. The second kappa shape index (κ2) is 15.2. The van der Waals surface area contributed by atoms with Gasteiger partial charge in [0.15, 0.2) is 0 Å². The Bertz CT molecular complexity index is 1550. The Balaban J connectivity index is 1.12.